The molecule has 1 rings (SSSR count). The summed E-state index contributed by atoms with van der Waals surface area (Å²) >= 11 is 0. The molecular formula is C15H16F3NO3. The highest BCUT2D eigenvalue weighted by atomic mass is 19.4. The number of aliphatic hydroxyl groups is 1. The van der Waals surface area contributed by atoms with E-state index in [9.17, 15) is 28.3 Å². The molecule has 0 radical (unpaired) electrons. The number of nitrogens with zero attached hydrogens (tertiary/aromatic N) is 1. The van der Waals surface area contributed by atoms with Crippen molar-refractivity contribution in [1.82, 2.24) is 0 Å². The van der Waals surface area contributed by atoms with Gasteiger partial charge in [-0.15, -0.1) is 0 Å². The van der Waals surface area contributed by atoms with Crippen LogP contribution in [-0.4, -0.2) is 28.0 Å². The lowest BCUT2D eigenvalue weighted by Crippen LogP contribution is -2.54. The van der Waals surface area contributed by atoms with Crippen molar-refractivity contribution < 1.29 is 28.2 Å². The molecule has 0 saturated heterocycles. The molecule has 0 aromatic rings. The number of hydrogen-bond donors (Lipinski definition) is 2. The number of carbonyl (C=O) groups is 1. The van der Waals surface area contributed by atoms with E-state index in [0.29, 0.717) is 19.3 Å². The van der Waals surface area contributed by atoms with Crippen LogP contribution in [0.2, 0.25) is 0 Å². The number of carboxylic acids is 1. The Morgan fingerprint density at radius 2 is 1.91 bits per heavy atom. The molecule has 22 heavy (non-hydrogen) atoms. The van der Waals surface area contributed by atoms with Gasteiger partial charge < -0.3 is 10.2 Å². The maximum atomic E-state index is 12.8. The SMILES string of the molecule is CC(C)C(O)(C#C/C(=C/C(=O)O)C(F)(F)F)C1(C#N)CCC1. The van der Waals surface area contributed by atoms with Crippen LogP contribution < -0.4 is 0 Å². The largest absolute Gasteiger partial charge is 0.478 e. The summed E-state index contributed by atoms with van der Waals surface area (Å²) in [6.07, 6.45) is -3.62. The molecular weight excluding hydrogens is 299 g/mol. The number of rotatable bonds is 3. The quantitative estimate of drug-likeness (QED) is 0.619. The number of aliphatic carboxylic acids is 1. The van der Waals surface area contributed by atoms with Gasteiger partial charge in [-0.05, 0) is 25.2 Å². The lowest BCUT2D eigenvalue weighted by molar-refractivity contribution is -0.132. The highest BCUT2D eigenvalue weighted by Crippen LogP contribution is 2.51. The molecule has 120 valence electrons. The second-order valence-corrected chi connectivity index (χ2v) is 5.61. The van der Waals surface area contributed by atoms with E-state index in [1.54, 1.807) is 19.8 Å². The van der Waals surface area contributed by atoms with Crippen LogP contribution in [0.5, 0.6) is 0 Å². The van der Waals surface area contributed by atoms with Crippen LogP contribution in [0.4, 0.5) is 13.2 Å². The highest BCUT2D eigenvalue weighted by Gasteiger charge is 2.56. The first kappa shape index (κ1) is 18.1. The number of alkyl halides is 3. The van der Waals surface area contributed by atoms with Crippen LogP contribution in [0, 0.1) is 34.5 Å². The first-order chi connectivity index (χ1) is 9.98. The Morgan fingerprint density at radius 3 is 2.18 bits per heavy atom. The van der Waals surface area contributed by atoms with E-state index in [2.05, 4.69) is 5.92 Å². The van der Waals surface area contributed by atoms with Crippen LogP contribution in [0.15, 0.2) is 11.6 Å². The standard InChI is InChI=1S/C15H16F3NO3/c1-10(2)14(22,13(9-19)5-3-6-13)7-4-11(8-12(20)21)15(16,17)18/h8,10,22H,3,5-6H2,1-2H3,(H,20,21)/b11-8-. The molecule has 4 nitrogen and oxygen atoms in total. The van der Waals surface area contributed by atoms with E-state index in [1.165, 1.54) is 0 Å². The number of carboxylic acid groups (broad SMARTS) is 1. The van der Waals surface area contributed by atoms with E-state index in [4.69, 9.17) is 5.11 Å². The minimum absolute atomic E-state index is 0.0480. The van der Waals surface area contributed by atoms with Gasteiger partial charge in [-0.1, -0.05) is 25.7 Å². The first-order valence-electron chi connectivity index (χ1n) is 6.67. The molecule has 7 heteroatoms. The van der Waals surface area contributed by atoms with Crippen LogP contribution >= 0.6 is 0 Å². The second-order valence-electron chi connectivity index (χ2n) is 5.61. The summed E-state index contributed by atoms with van der Waals surface area (Å²) in [5.41, 5.74) is -4.71. The number of nitriles is 1. The van der Waals surface area contributed by atoms with Crippen LogP contribution in [0.1, 0.15) is 33.1 Å². The fourth-order valence-electron chi connectivity index (χ4n) is 2.40. The number of halogens is 3. The molecule has 0 aromatic heterocycles. The fraction of sp³-hybridized carbons (Fsp3) is 0.600. The summed E-state index contributed by atoms with van der Waals surface area (Å²) in [5.74, 6) is 1.49. The van der Waals surface area contributed by atoms with Crippen molar-refractivity contribution in [1.29, 1.82) is 5.26 Å². The molecule has 0 amide bonds. The van der Waals surface area contributed by atoms with Gasteiger partial charge in [0.15, 0.2) is 0 Å². The topological polar surface area (TPSA) is 81.3 Å². The van der Waals surface area contributed by atoms with Gasteiger partial charge in [-0.2, -0.15) is 18.4 Å². The first-order valence-corrected chi connectivity index (χ1v) is 6.67. The van der Waals surface area contributed by atoms with Crippen molar-refractivity contribution in [3.63, 3.8) is 0 Å². The Hall–Kier alpha value is -1.99. The lowest BCUT2D eigenvalue weighted by atomic mass is 9.56. The van der Waals surface area contributed by atoms with Gasteiger partial charge in [0.2, 0.25) is 0 Å². The third kappa shape index (κ3) is 3.26. The highest BCUT2D eigenvalue weighted by molar-refractivity contribution is 5.82. The Labute approximate surface area is 126 Å². The molecule has 0 aliphatic heterocycles. The van der Waals surface area contributed by atoms with E-state index in [1.807, 2.05) is 6.07 Å². The van der Waals surface area contributed by atoms with Crippen molar-refractivity contribution in [2.75, 3.05) is 0 Å². The van der Waals surface area contributed by atoms with E-state index < -0.39 is 34.7 Å². The van der Waals surface area contributed by atoms with Crippen LogP contribution in [0.3, 0.4) is 0 Å². The lowest BCUT2D eigenvalue weighted by Gasteiger charge is -2.47. The molecule has 0 spiro atoms. The normalized spacial score (nSPS) is 20.2. The third-order valence-corrected chi connectivity index (χ3v) is 3.95. The molecule has 1 saturated carbocycles. The molecule has 0 bridgehead atoms. The maximum Gasteiger partial charge on any atom is 0.424 e. The summed E-state index contributed by atoms with van der Waals surface area (Å²) in [7, 11) is 0. The van der Waals surface area contributed by atoms with Gasteiger partial charge in [-0.3, -0.25) is 0 Å². The predicted octanol–water partition coefficient (Wildman–Crippen LogP) is 2.64. The van der Waals surface area contributed by atoms with Crippen molar-refractivity contribution >= 4 is 5.97 Å². The molecule has 1 aliphatic rings. The predicted molar refractivity (Wildman–Crippen MR) is 71.2 cm³/mol. The Morgan fingerprint density at radius 1 is 1.36 bits per heavy atom. The van der Waals surface area contributed by atoms with Gasteiger partial charge in [0.1, 0.15) is 11.2 Å². The van der Waals surface area contributed by atoms with Crippen molar-refractivity contribution in [3.8, 4) is 17.9 Å². The second kappa shape index (κ2) is 6.02. The van der Waals surface area contributed by atoms with Gasteiger partial charge in [0.25, 0.3) is 0 Å². The average molecular weight is 315 g/mol. The fourth-order valence-corrected chi connectivity index (χ4v) is 2.40. The zero-order valence-electron chi connectivity index (χ0n) is 12.2. The summed E-state index contributed by atoms with van der Waals surface area (Å²) in [5, 5.41) is 28.4. The Balaban J connectivity index is 3.33. The number of allylic oxidation sites excluding steroid dienone is 1. The number of hydrogen-bond acceptors (Lipinski definition) is 3. The zero-order valence-corrected chi connectivity index (χ0v) is 12.2. The average Bonchev–Trinajstić information content (AvgIpc) is 2.31. The Bertz CT molecular complexity index is 586. The smallest absolute Gasteiger partial charge is 0.424 e. The van der Waals surface area contributed by atoms with Crippen molar-refractivity contribution in [2.45, 2.75) is 44.9 Å². The zero-order chi connectivity index (χ0) is 17.2. The molecule has 1 fully saturated rings. The molecule has 2 N–H and O–H groups in total. The summed E-state index contributed by atoms with van der Waals surface area (Å²) in [4.78, 5) is 10.5. The van der Waals surface area contributed by atoms with E-state index in [-0.39, 0.29) is 6.08 Å². The summed E-state index contributed by atoms with van der Waals surface area (Å²) in [6, 6.07) is 1.97. The van der Waals surface area contributed by atoms with E-state index >= 15 is 0 Å². The minimum Gasteiger partial charge on any atom is -0.478 e. The van der Waals surface area contributed by atoms with Crippen LogP contribution in [0.25, 0.3) is 0 Å². The van der Waals surface area contributed by atoms with Gasteiger partial charge in [0, 0.05) is 6.08 Å². The van der Waals surface area contributed by atoms with Gasteiger partial charge in [-0.25, -0.2) is 4.79 Å². The molecule has 0 heterocycles. The molecule has 1 unspecified atom stereocenters. The van der Waals surface area contributed by atoms with Gasteiger partial charge in [0.05, 0.1) is 11.5 Å². The third-order valence-electron chi connectivity index (χ3n) is 3.95. The Kier molecular flexibility index (Phi) is 4.94. The summed E-state index contributed by atoms with van der Waals surface area (Å²) < 4.78 is 38.3. The van der Waals surface area contributed by atoms with Crippen molar-refractivity contribution in [3.05, 3.63) is 11.6 Å². The molecule has 1 atom stereocenters. The maximum absolute atomic E-state index is 12.8. The minimum atomic E-state index is -4.94. The van der Waals surface area contributed by atoms with E-state index in [0.717, 1.165) is 0 Å². The molecule has 0 aromatic carbocycles. The van der Waals surface area contributed by atoms with Gasteiger partial charge >= 0.3 is 12.1 Å². The molecule has 1 aliphatic carbocycles. The van der Waals surface area contributed by atoms with Crippen molar-refractivity contribution in [2.24, 2.45) is 11.3 Å². The summed E-state index contributed by atoms with van der Waals surface area (Å²) in [6.45, 7) is 3.11. The monoisotopic (exact) mass is 315 g/mol. The van der Waals surface area contributed by atoms with Crippen LogP contribution in [-0.2, 0) is 4.79 Å².